The fraction of sp³-hybridized carbons (Fsp3) is 0.357. The zero-order valence-electron chi connectivity index (χ0n) is 12.1. The number of methoxy groups -OCH3 is 1. The second-order valence-corrected chi connectivity index (χ2v) is 5.51. The molecule has 0 aliphatic rings. The number of carbonyl (C=O) groups is 1. The van der Waals surface area contributed by atoms with E-state index < -0.39 is 5.97 Å². The fourth-order valence-corrected chi connectivity index (χ4v) is 2.49. The highest BCUT2D eigenvalue weighted by molar-refractivity contribution is 7.99. The summed E-state index contributed by atoms with van der Waals surface area (Å²) in [5.74, 6) is -0.306. The van der Waals surface area contributed by atoms with E-state index in [0.29, 0.717) is 11.0 Å². The van der Waals surface area contributed by atoms with Gasteiger partial charge in [-0.25, -0.2) is 0 Å². The molecule has 1 heterocycles. The van der Waals surface area contributed by atoms with Crippen LogP contribution in [-0.2, 0) is 9.53 Å². The normalized spacial score (nSPS) is 12.3. The minimum absolute atomic E-state index is 0.0641. The molecule has 0 bridgehead atoms. The largest absolute Gasteiger partial charge is 0.481 e. The van der Waals surface area contributed by atoms with Crippen molar-refractivity contribution in [2.24, 2.45) is 0 Å². The maximum absolute atomic E-state index is 10.8. The van der Waals surface area contributed by atoms with Crippen molar-refractivity contribution in [1.82, 2.24) is 14.8 Å². The molecule has 2 rings (SSSR count). The quantitative estimate of drug-likeness (QED) is 0.826. The van der Waals surface area contributed by atoms with Crippen molar-refractivity contribution >= 4 is 17.7 Å². The molecule has 0 aliphatic heterocycles. The van der Waals surface area contributed by atoms with E-state index >= 15 is 0 Å². The lowest BCUT2D eigenvalue weighted by molar-refractivity contribution is -0.133. The molecule has 1 aromatic heterocycles. The number of benzene rings is 1. The Labute approximate surface area is 127 Å². The van der Waals surface area contributed by atoms with Gasteiger partial charge in [-0.3, -0.25) is 9.36 Å². The number of thioether (sulfide) groups is 1. The van der Waals surface area contributed by atoms with Crippen LogP contribution < -0.4 is 0 Å². The van der Waals surface area contributed by atoms with Crippen molar-refractivity contribution < 1.29 is 14.6 Å². The van der Waals surface area contributed by atoms with Crippen LogP contribution in [0.2, 0.25) is 0 Å². The first-order valence-electron chi connectivity index (χ1n) is 6.42. The molecule has 0 radical (unpaired) electrons. The Morgan fingerprint density at radius 1 is 1.38 bits per heavy atom. The van der Waals surface area contributed by atoms with Crippen LogP contribution in [0.4, 0.5) is 0 Å². The Hall–Kier alpha value is -1.86. The molecule has 0 spiro atoms. The summed E-state index contributed by atoms with van der Waals surface area (Å²) in [5.41, 5.74) is 2.03. The molecule has 1 atom stereocenters. The van der Waals surface area contributed by atoms with Crippen LogP contribution in [0.5, 0.6) is 0 Å². The Morgan fingerprint density at radius 3 is 2.62 bits per heavy atom. The average molecular weight is 307 g/mol. The molecule has 0 amide bonds. The lowest BCUT2D eigenvalue weighted by Gasteiger charge is -2.13. The lowest BCUT2D eigenvalue weighted by Crippen LogP contribution is -2.08. The standard InChI is InChI=1S/C14H17N3O3S/c1-9-4-6-11(7-5-9)17-13(10(2)20-3)15-16-14(17)21-8-12(18)19/h4-7,10H,8H2,1-3H3,(H,18,19)/t10-/m1/s1. The predicted octanol–water partition coefficient (Wildman–Crippen LogP) is 2.46. The van der Waals surface area contributed by atoms with E-state index in [0.717, 1.165) is 23.0 Å². The summed E-state index contributed by atoms with van der Waals surface area (Å²) in [6, 6.07) is 7.88. The summed E-state index contributed by atoms with van der Waals surface area (Å²) in [7, 11) is 1.60. The topological polar surface area (TPSA) is 77.2 Å². The zero-order chi connectivity index (χ0) is 15.4. The van der Waals surface area contributed by atoms with Gasteiger partial charge in [0.25, 0.3) is 0 Å². The average Bonchev–Trinajstić information content (AvgIpc) is 2.89. The molecule has 21 heavy (non-hydrogen) atoms. The van der Waals surface area contributed by atoms with Gasteiger partial charge in [-0.2, -0.15) is 0 Å². The highest BCUT2D eigenvalue weighted by Gasteiger charge is 2.19. The monoisotopic (exact) mass is 307 g/mol. The van der Waals surface area contributed by atoms with Gasteiger partial charge in [-0.15, -0.1) is 10.2 Å². The van der Waals surface area contributed by atoms with E-state index in [9.17, 15) is 4.79 Å². The van der Waals surface area contributed by atoms with Gasteiger partial charge in [-0.1, -0.05) is 29.5 Å². The Kier molecular flexibility index (Phi) is 4.98. The minimum atomic E-state index is -0.889. The van der Waals surface area contributed by atoms with Crippen molar-refractivity contribution in [2.45, 2.75) is 25.1 Å². The molecule has 0 aliphatic carbocycles. The third kappa shape index (κ3) is 3.62. The summed E-state index contributed by atoms with van der Waals surface area (Å²) in [4.78, 5) is 10.8. The Morgan fingerprint density at radius 2 is 2.05 bits per heavy atom. The number of aliphatic carboxylic acids is 1. The van der Waals surface area contributed by atoms with Gasteiger partial charge in [0.1, 0.15) is 6.10 Å². The fourth-order valence-electron chi connectivity index (χ4n) is 1.81. The van der Waals surface area contributed by atoms with Gasteiger partial charge in [0, 0.05) is 12.8 Å². The molecule has 1 aromatic carbocycles. The molecule has 6 nitrogen and oxygen atoms in total. The number of rotatable bonds is 6. The summed E-state index contributed by atoms with van der Waals surface area (Å²) in [6.07, 6.45) is -0.238. The van der Waals surface area contributed by atoms with Gasteiger partial charge in [0.2, 0.25) is 0 Å². The van der Waals surface area contributed by atoms with Gasteiger partial charge >= 0.3 is 5.97 Å². The van der Waals surface area contributed by atoms with Crippen LogP contribution in [0.15, 0.2) is 29.4 Å². The summed E-state index contributed by atoms with van der Waals surface area (Å²) < 4.78 is 7.15. The molecule has 1 N–H and O–H groups in total. The molecule has 7 heteroatoms. The van der Waals surface area contributed by atoms with Crippen molar-refractivity contribution in [1.29, 1.82) is 0 Å². The second-order valence-electron chi connectivity index (χ2n) is 4.57. The Bertz CT molecular complexity index is 625. The molecule has 0 unspecified atom stereocenters. The SMILES string of the molecule is CO[C@H](C)c1nnc(SCC(=O)O)n1-c1ccc(C)cc1. The number of aryl methyl sites for hydroxylation is 1. The van der Waals surface area contributed by atoms with Crippen molar-refractivity contribution in [3.63, 3.8) is 0 Å². The van der Waals surface area contributed by atoms with E-state index in [1.807, 2.05) is 42.7 Å². The molecular weight excluding hydrogens is 290 g/mol. The first-order valence-corrected chi connectivity index (χ1v) is 7.41. The smallest absolute Gasteiger partial charge is 0.313 e. The number of hydrogen-bond acceptors (Lipinski definition) is 5. The lowest BCUT2D eigenvalue weighted by atomic mass is 10.2. The number of ether oxygens (including phenoxy) is 1. The van der Waals surface area contributed by atoms with Crippen LogP contribution in [0.3, 0.4) is 0 Å². The van der Waals surface area contributed by atoms with Crippen LogP contribution in [0.1, 0.15) is 24.4 Å². The first kappa shape index (κ1) is 15.5. The van der Waals surface area contributed by atoms with Gasteiger partial charge in [-0.05, 0) is 26.0 Å². The summed E-state index contributed by atoms with van der Waals surface area (Å²) in [6.45, 7) is 3.88. The number of carboxylic acids is 1. The highest BCUT2D eigenvalue weighted by Crippen LogP contribution is 2.26. The van der Waals surface area contributed by atoms with Gasteiger partial charge in [0.05, 0.1) is 5.75 Å². The molecule has 112 valence electrons. The number of nitrogens with zero attached hydrogens (tertiary/aromatic N) is 3. The van der Waals surface area contributed by atoms with Crippen molar-refractivity contribution in [3.05, 3.63) is 35.7 Å². The third-order valence-corrected chi connectivity index (χ3v) is 3.91. The van der Waals surface area contributed by atoms with E-state index in [1.54, 1.807) is 7.11 Å². The van der Waals surface area contributed by atoms with Crippen molar-refractivity contribution in [2.75, 3.05) is 12.9 Å². The maximum atomic E-state index is 10.8. The number of hydrogen-bond donors (Lipinski definition) is 1. The van der Waals surface area contributed by atoms with Crippen LogP contribution in [-0.4, -0.2) is 38.7 Å². The molecule has 2 aromatic rings. The summed E-state index contributed by atoms with van der Waals surface area (Å²) >= 11 is 1.14. The van der Waals surface area contributed by atoms with Crippen LogP contribution in [0.25, 0.3) is 5.69 Å². The first-order chi connectivity index (χ1) is 10.0. The van der Waals surface area contributed by atoms with Crippen molar-refractivity contribution in [3.8, 4) is 5.69 Å². The molecular formula is C14H17N3O3S. The number of carboxylic acid groups (broad SMARTS) is 1. The second kappa shape index (κ2) is 6.73. The van der Waals surface area contributed by atoms with E-state index in [4.69, 9.17) is 9.84 Å². The van der Waals surface area contributed by atoms with E-state index in [1.165, 1.54) is 0 Å². The highest BCUT2D eigenvalue weighted by atomic mass is 32.2. The Balaban J connectivity index is 2.44. The van der Waals surface area contributed by atoms with Gasteiger partial charge < -0.3 is 9.84 Å². The molecule has 0 saturated carbocycles. The molecule has 0 saturated heterocycles. The zero-order valence-corrected chi connectivity index (χ0v) is 12.9. The molecule has 0 fully saturated rings. The number of aromatic nitrogens is 3. The van der Waals surface area contributed by atoms with E-state index in [2.05, 4.69) is 10.2 Å². The third-order valence-electron chi connectivity index (χ3n) is 2.99. The predicted molar refractivity (Wildman–Crippen MR) is 79.9 cm³/mol. The van der Waals surface area contributed by atoms with Crippen LogP contribution >= 0.6 is 11.8 Å². The van der Waals surface area contributed by atoms with Crippen LogP contribution in [0, 0.1) is 6.92 Å². The minimum Gasteiger partial charge on any atom is -0.481 e. The maximum Gasteiger partial charge on any atom is 0.313 e. The summed E-state index contributed by atoms with van der Waals surface area (Å²) in [5, 5.41) is 17.6. The van der Waals surface area contributed by atoms with Gasteiger partial charge in [0.15, 0.2) is 11.0 Å². The van der Waals surface area contributed by atoms with E-state index in [-0.39, 0.29) is 11.9 Å².